The smallest absolute Gasteiger partial charge is 0.104 e. The van der Waals surface area contributed by atoms with Crippen molar-refractivity contribution in [3.8, 4) is 0 Å². The molecule has 0 heterocycles. The van der Waals surface area contributed by atoms with E-state index < -0.39 is 0 Å². The SMILES string of the molecule is CCOC(C)S/C(C)=C\NC. The Morgan fingerprint density at radius 1 is 1.73 bits per heavy atom. The molecule has 0 aliphatic carbocycles. The van der Waals surface area contributed by atoms with Crippen molar-refractivity contribution >= 4 is 11.8 Å². The molecule has 0 saturated heterocycles. The number of allylic oxidation sites excluding steroid dienone is 1. The van der Waals surface area contributed by atoms with E-state index >= 15 is 0 Å². The predicted molar refractivity (Wildman–Crippen MR) is 51.5 cm³/mol. The molecule has 11 heavy (non-hydrogen) atoms. The van der Waals surface area contributed by atoms with Crippen LogP contribution in [0.4, 0.5) is 0 Å². The third-order valence-corrected chi connectivity index (χ3v) is 2.06. The Bertz CT molecular complexity index is 125. The molecule has 1 atom stereocenters. The molecule has 0 bridgehead atoms. The zero-order valence-electron chi connectivity index (χ0n) is 7.68. The number of nitrogens with one attached hydrogen (secondary N) is 1. The van der Waals surface area contributed by atoms with Crippen LogP contribution in [-0.2, 0) is 4.74 Å². The van der Waals surface area contributed by atoms with Gasteiger partial charge in [-0.15, -0.1) is 0 Å². The first-order valence-corrected chi connectivity index (χ1v) is 4.71. The number of ether oxygens (including phenoxy) is 1. The maximum Gasteiger partial charge on any atom is 0.104 e. The normalized spacial score (nSPS) is 14.7. The molecule has 0 rings (SSSR count). The Morgan fingerprint density at radius 2 is 2.36 bits per heavy atom. The van der Waals surface area contributed by atoms with E-state index in [1.807, 2.05) is 20.2 Å². The lowest BCUT2D eigenvalue weighted by Crippen LogP contribution is -2.03. The van der Waals surface area contributed by atoms with Crippen molar-refractivity contribution in [2.24, 2.45) is 0 Å². The molecule has 0 aromatic heterocycles. The van der Waals surface area contributed by atoms with Gasteiger partial charge in [0.1, 0.15) is 5.44 Å². The van der Waals surface area contributed by atoms with Crippen molar-refractivity contribution in [3.63, 3.8) is 0 Å². The average Bonchev–Trinajstić information content (AvgIpc) is 1.87. The van der Waals surface area contributed by atoms with Crippen molar-refractivity contribution in [3.05, 3.63) is 11.1 Å². The minimum atomic E-state index is 0.254. The van der Waals surface area contributed by atoms with Gasteiger partial charge in [0.25, 0.3) is 0 Å². The molecular formula is C8H17NOS. The molecule has 0 fully saturated rings. The number of hydrogen-bond donors (Lipinski definition) is 1. The zero-order chi connectivity index (χ0) is 8.69. The Kier molecular flexibility index (Phi) is 6.46. The molecule has 0 aromatic rings. The van der Waals surface area contributed by atoms with Crippen LogP contribution in [0.3, 0.4) is 0 Å². The largest absolute Gasteiger partial charge is 0.393 e. The predicted octanol–water partition coefficient (Wildman–Crippen LogP) is 2.18. The second-order valence-electron chi connectivity index (χ2n) is 2.18. The first-order valence-electron chi connectivity index (χ1n) is 3.83. The fourth-order valence-corrected chi connectivity index (χ4v) is 1.68. The first-order chi connectivity index (χ1) is 5.20. The van der Waals surface area contributed by atoms with Crippen molar-refractivity contribution in [2.75, 3.05) is 13.7 Å². The summed E-state index contributed by atoms with van der Waals surface area (Å²) in [5.74, 6) is 0. The van der Waals surface area contributed by atoms with Crippen LogP contribution in [0.15, 0.2) is 11.1 Å². The lowest BCUT2D eigenvalue weighted by atomic mass is 10.7. The maximum absolute atomic E-state index is 5.35. The van der Waals surface area contributed by atoms with Gasteiger partial charge in [0, 0.05) is 19.9 Å². The van der Waals surface area contributed by atoms with E-state index in [1.165, 1.54) is 4.91 Å². The average molecular weight is 175 g/mol. The Morgan fingerprint density at radius 3 is 2.82 bits per heavy atom. The van der Waals surface area contributed by atoms with Gasteiger partial charge in [-0.25, -0.2) is 0 Å². The lowest BCUT2D eigenvalue weighted by molar-refractivity contribution is 0.137. The molecule has 0 saturated carbocycles. The minimum Gasteiger partial charge on any atom is -0.393 e. The van der Waals surface area contributed by atoms with Gasteiger partial charge in [-0.3, -0.25) is 0 Å². The standard InChI is InChI=1S/C8H17NOS/c1-5-10-8(3)11-7(2)6-9-4/h6,8-9H,5H2,1-4H3/b7-6-. The molecule has 66 valence electrons. The third-order valence-electron chi connectivity index (χ3n) is 1.10. The summed E-state index contributed by atoms with van der Waals surface area (Å²) in [6.45, 7) is 6.91. The number of hydrogen-bond acceptors (Lipinski definition) is 3. The Labute approximate surface area is 73.4 Å². The van der Waals surface area contributed by atoms with Crippen LogP contribution in [0.5, 0.6) is 0 Å². The third kappa shape index (κ3) is 6.26. The van der Waals surface area contributed by atoms with E-state index in [2.05, 4.69) is 19.2 Å². The van der Waals surface area contributed by atoms with E-state index in [9.17, 15) is 0 Å². The van der Waals surface area contributed by atoms with Gasteiger partial charge in [0.05, 0.1) is 0 Å². The summed E-state index contributed by atoms with van der Waals surface area (Å²) in [4.78, 5) is 1.24. The number of rotatable bonds is 5. The molecule has 1 unspecified atom stereocenters. The van der Waals surface area contributed by atoms with Gasteiger partial charge < -0.3 is 10.1 Å². The summed E-state index contributed by atoms with van der Waals surface area (Å²) in [5, 5.41) is 2.98. The molecule has 0 spiro atoms. The van der Waals surface area contributed by atoms with Crippen LogP contribution in [0.2, 0.25) is 0 Å². The highest BCUT2D eigenvalue weighted by molar-refractivity contribution is 8.03. The molecule has 0 radical (unpaired) electrons. The highest BCUT2D eigenvalue weighted by Gasteiger charge is 2.00. The monoisotopic (exact) mass is 175 g/mol. The van der Waals surface area contributed by atoms with Crippen molar-refractivity contribution in [1.82, 2.24) is 5.32 Å². The molecule has 0 amide bonds. The van der Waals surface area contributed by atoms with E-state index in [4.69, 9.17) is 4.74 Å². The van der Waals surface area contributed by atoms with Gasteiger partial charge in [-0.1, -0.05) is 11.8 Å². The van der Waals surface area contributed by atoms with E-state index in [-0.39, 0.29) is 5.44 Å². The van der Waals surface area contributed by atoms with Gasteiger partial charge in [-0.05, 0) is 25.7 Å². The summed E-state index contributed by atoms with van der Waals surface area (Å²) >= 11 is 1.73. The molecule has 0 aromatic carbocycles. The quantitative estimate of drug-likeness (QED) is 0.647. The second-order valence-corrected chi connectivity index (χ2v) is 3.73. The molecule has 1 N–H and O–H groups in total. The summed E-state index contributed by atoms with van der Waals surface area (Å²) in [7, 11) is 1.90. The van der Waals surface area contributed by atoms with E-state index in [1.54, 1.807) is 11.8 Å². The van der Waals surface area contributed by atoms with E-state index in [0.29, 0.717) is 0 Å². The van der Waals surface area contributed by atoms with Crippen molar-refractivity contribution < 1.29 is 4.74 Å². The fraction of sp³-hybridized carbons (Fsp3) is 0.750. The van der Waals surface area contributed by atoms with Crippen LogP contribution >= 0.6 is 11.8 Å². The van der Waals surface area contributed by atoms with Crippen molar-refractivity contribution in [1.29, 1.82) is 0 Å². The van der Waals surface area contributed by atoms with Crippen molar-refractivity contribution in [2.45, 2.75) is 26.2 Å². The van der Waals surface area contributed by atoms with Crippen LogP contribution in [0.25, 0.3) is 0 Å². The first kappa shape index (κ1) is 10.8. The van der Waals surface area contributed by atoms with Gasteiger partial charge >= 0.3 is 0 Å². The second kappa shape index (κ2) is 6.55. The van der Waals surface area contributed by atoms with Crippen LogP contribution in [0, 0.1) is 0 Å². The summed E-state index contributed by atoms with van der Waals surface area (Å²) in [5.41, 5.74) is 0.254. The molecule has 2 nitrogen and oxygen atoms in total. The molecule has 0 aliphatic rings. The molecule has 0 aliphatic heterocycles. The zero-order valence-corrected chi connectivity index (χ0v) is 8.49. The summed E-state index contributed by atoms with van der Waals surface area (Å²) in [6, 6.07) is 0. The van der Waals surface area contributed by atoms with Gasteiger partial charge in [-0.2, -0.15) is 0 Å². The van der Waals surface area contributed by atoms with Crippen LogP contribution < -0.4 is 5.32 Å². The Hall–Kier alpha value is -0.150. The number of thioether (sulfide) groups is 1. The fourth-order valence-electron chi connectivity index (χ4n) is 0.768. The highest BCUT2D eigenvalue weighted by Crippen LogP contribution is 2.20. The maximum atomic E-state index is 5.35. The topological polar surface area (TPSA) is 21.3 Å². The highest BCUT2D eigenvalue weighted by atomic mass is 32.2. The van der Waals surface area contributed by atoms with E-state index in [0.717, 1.165) is 6.61 Å². The molecule has 3 heteroatoms. The lowest BCUT2D eigenvalue weighted by Gasteiger charge is -2.10. The Balaban J connectivity index is 3.56. The van der Waals surface area contributed by atoms with Gasteiger partial charge in [0.15, 0.2) is 0 Å². The van der Waals surface area contributed by atoms with Crippen LogP contribution in [0.1, 0.15) is 20.8 Å². The summed E-state index contributed by atoms with van der Waals surface area (Å²) in [6.07, 6.45) is 1.97. The molecular weight excluding hydrogens is 158 g/mol. The van der Waals surface area contributed by atoms with Gasteiger partial charge in [0.2, 0.25) is 0 Å². The van der Waals surface area contributed by atoms with Crippen LogP contribution in [-0.4, -0.2) is 19.1 Å². The summed E-state index contributed by atoms with van der Waals surface area (Å²) < 4.78 is 5.35. The minimum absolute atomic E-state index is 0.254.